The minimum absolute atomic E-state index is 0.136. The molecule has 0 aliphatic carbocycles. The van der Waals surface area contributed by atoms with Crippen LogP contribution in [-0.4, -0.2) is 24.0 Å². The summed E-state index contributed by atoms with van der Waals surface area (Å²) in [6.07, 6.45) is 2.23. The van der Waals surface area contributed by atoms with Gasteiger partial charge in [0.25, 0.3) is 0 Å². The van der Waals surface area contributed by atoms with Crippen molar-refractivity contribution in [3.63, 3.8) is 0 Å². The molecule has 2 aromatic rings. The van der Waals surface area contributed by atoms with Crippen molar-refractivity contribution >= 4 is 27.3 Å². The van der Waals surface area contributed by atoms with Gasteiger partial charge >= 0.3 is 0 Å². The monoisotopic (exact) mass is 364 g/mol. The van der Waals surface area contributed by atoms with E-state index in [0.717, 1.165) is 30.4 Å². The molecule has 0 spiro atoms. The summed E-state index contributed by atoms with van der Waals surface area (Å²) >= 11 is 5.37. The van der Waals surface area contributed by atoms with E-state index < -0.39 is 0 Å². The minimum Gasteiger partial charge on any atom is -0.326 e. The van der Waals surface area contributed by atoms with Gasteiger partial charge in [-0.05, 0) is 52.9 Å². The molecule has 3 rings (SSSR count). The van der Waals surface area contributed by atoms with Gasteiger partial charge in [-0.25, -0.2) is 0 Å². The first kappa shape index (κ1) is 15.2. The zero-order valence-electron chi connectivity index (χ0n) is 12.3. The Balaban J connectivity index is 1.82. The fourth-order valence-electron chi connectivity index (χ4n) is 3.22. The predicted octanol–water partition coefficient (Wildman–Crippen LogP) is 4.00. The maximum absolute atomic E-state index is 6.31. The number of rotatable bonds is 3. The van der Waals surface area contributed by atoms with E-state index in [1.54, 1.807) is 11.3 Å². The van der Waals surface area contributed by atoms with Crippen molar-refractivity contribution in [2.75, 3.05) is 13.1 Å². The Hall–Kier alpha value is -0.680. The Morgan fingerprint density at radius 1 is 1.19 bits per heavy atom. The third-order valence-corrected chi connectivity index (χ3v) is 5.99. The number of benzene rings is 1. The van der Waals surface area contributed by atoms with Crippen molar-refractivity contribution in [3.05, 3.63) is 56.2 Å². The normalized spacial score (nSPS) is 18.8. The summed E-state index contributed by atoms with van der Waals surface area (Å²) in [7, 11) is 0. The summed E-state index contributed by atoms with van der Waals surface area (Å²) in [5.41, 5.74) is 9.31. The molecule has 0 saturated heterocycles. The van der Waals surface area contributed by atoms with Crippen LogP contribution in [0.3, 0.4) is 0 Å². The van der Waals surface area contributed by atoms with Crippen molar-refractivity contribution in [1.82, 2.24) is 4.90 Å². The third-order valence-electron chi connectivity index (χ3n) is 4.23. The van der Waals surface area contributed by atoms with Gasteiger partial charge in [-0.15, -0.1) is 11.3 Å². The summed E-state index contributed by atoms with van der Waals surface area (Å²) < 4.78 is 1.16. The fraction of sp³-hybridized carbons (Fsp3) is 0.412. The third kappa shape index (κ3) is 3.39. The summed E-state index contributed by atoms with van der Waals surface area (Å²) in [5.74, 6) is 0. The minimum atomic E-state index is 0.136. The summed E-state index contributed by atoms with van der Waals surface area (Å²) in [6.45, 7) is 4.29. The predicted molar refractivity (Wildman–Crippen MR) is 93.8 cm³/mol. The Kier molecular flexibility index (Phi) is 4.79. The summed E-state index contributed by atoms with van der Waals surface area (Å²) in [5, 5.41) is 2.15. The van der Waals surface area contributed by atoms with Crippen LogP contribution < -0.4 is 5.73 Å². The van der Waals surface area contributed by atoms with Crippen LogP contribution >= 0.6 is 27.3 Å². The Labute approximate surface area is 139 Å². The van der Waals surface area contributed by atoms with Crippen LogP contribution in [0.2, 0.25) is 0 Å². The van der Waals surface area contributed by atoms with Crippen molar-refractivity contribution in [2.24, 2.45) is 5.73 Å². The molecule has 2 N–H and O–H groups in total. The van der Waals surface area contributed by atoms with Gasteiger partial charge in [0, 0.05) is 33.9 Å². The number of halogens is 1. The first-order valence-electron chi connectivity index (χ1n) is 7.45. The zero-order valence-corrected chi connectivity index (χ0v) is 14.7. The maximum Gasteiger partial charge on any atom is 0.0591 e. The molecular formula is C17H21BrN2S. The Bertz CT molecular complexity index is 581. The summed E-state index contributed by atoms with van der Waals surface area (Å²) in [4.78, 5) is 3.92. The lowest BCUT2D eigenvalue weighted by Gasteiger charge is -2.32. The average molecular weight is 365 g/mol. The molecule has 0 saturated carbocycles. The molecular weight excluding hydrogens is 344 g/mol. The van der Waals surface area contributed by atoms with E-state index >= 15 is 0 Å². The molecule has 0 amide bonds. The Morgan fingerprint density at radius 3 is 2.29 bits per heavy atom. The number of thiophene rings is 1. The van der Waals surface area contributed by atoms with E-state index in [0.29, 0.717) is 6.04 Å². The van der Waals surface area contributed by atoms with Crippen molar-refractivity contribution in [1.29, 1.82) is 0 Å². The van der Waals surface area contributed by atoms with E-state index in [9.17, 15) is 0 Å². The molecule has 2 nitrogen and oxygen atoms in total. The lowest BCUT2D eigenvalue weighted by atomic mass is 10.0. The molecule has 2 unspecified atom stereocenters. The van der Waals surface area contributed by atoms with Crippen LogP contribution in [0, 0.1) is 0 Å². The first-order chi connectivity index (χ1) is 10.1. The molecule has 112 valence electrons. The van der Waals surface area contributed by atoms with E-state index in [4.69, 9.17) is 5.73 Å². The molecule has 4 heteroatoms. The molecule has 2 heterocycles. The van der Waals surface area contributed by atoms with Crippen molar-refractivity contribution < 1.29 is 0 Å². The van der Waals surface area contributed by atoms with Gasteiger partial charge in [0.15, 0.2) is 0 Å². The van der Waals surface area contributed by atoms with Crippen molar-refractivity contribution in [3.8, 4) is 0 Å². The van der Waals surface area contributed by atoms with Crippen molar-refractivity contribution in [2.45, 2.75) is 31.8 Å². The zero-order chi connectivity index (χ0) is 14.8. The molecule has 0 fully saturated rings. The highest BCUT2D eigenvalue weighted by molar-refractivity contribution is 9.10. The van der Waals surface area contributed by atoms with Gasteiger partial charge < -0.3 is 5.73 Å². The van der Waals surface area contributed by atoms with Crippen LogP contribution in [0.25, 0.3) is 0 Å². The second-order valence-corrected chi connectivity index (χ2v) is 7.63. The second kappa shape index (κ2) is 6.61. The lowest BCUT2D eigenvalue weighted by Crippen LogP contribution is -2.40. The van der Waals surface area contributed by atoms with Gasteiger partial charge in [-0.3, -0.25) is 4.90 Å². The number of nitrogens with two attached hydrogens (primary N) is 1. The van der Waals surface area contributed by atoms with Gasteiger partial charge in [-0.2, -0.15) is 0 Å². The van der Waals surface area contributed by atoms with Crippen LogP contribution in [0.4, 0.5) is 0 Å². The maximum atomic E-state index is 6.31. The second-order valence-electron chi connectivity index (χ2n) is 5.78. The molecule has 2 atom stereocenters. The topological polar surface area (TPSA) is 29.3 Å². The van der Waals surface area contributed by atoms with Gasteiger partial charge in [0.05, 0.1) is 6.04 Å². The van der Waals surface area contributed by atoms with Crippen LogP contribution in [0.5, 0.6) is 0 Å². The Morgan fingerprint density at radius 2 is 1.81 bits per heavy atom. The molecule has 1 aromatic heterocycles. The van der Waals surface area contributed by atoms with E-state index in [1.807, 2.05) is 0 Å². The highest BCUT2D eigenvalue weighted by atomic mass is 79.9. The molecule has 1 aliphatic heterocycles. The smallest absolute Gasteiger partial charge is 0.0591 e. The van der Waals surface area contributed by atoms with Crippen LogP contribution in [0.15, 0.2) is 40.2 Å². The first-order valence-corrected chi connectivity index (χ1v) is 9.13. The molecule has 1 aromatic carbocycles. The quantitative estimate of drug-likeness (QED) is 0.891. The largest absolute Gasteiger partial charge is 0.326 e. The fourth-order valence-corrected chi connectivity index (χ4v) is 4.91. The highest BCUT2D eigenvalue weighted by Crippen LogP contribution is 2.32. The number of fused-ring (bicyclic) bond motifs is 1. The molecule has 0 bridgehead atoms. The molecule has 0 radical (unpaired) electrons. The van der Waals surface area contributed by atoms with Crippen LogP contribution in [-0.2, 0) is 12.8 Å². The average Bonchev–Trinajstić information content (AvgIpc) is 2.76. The number of hydrogen-bond donors (Lipinski definition) is 1. The standard InChI is InChI=1S/C17H21BrN2S/c1-12(19)17(16-10-15(18)11-21-16)20-8-6-13-4-2-3-5-14(13)7-9-20/h2-5,10-12,17H,6-9,19H2,1H3. The van der Waals surface area contributed by atoms with Gasteiger partial charge in [0.1, 0.15) is 0 Å². The molecule has 1 aliphatic rings. The lowest BCUT2D eigenvalue weighted by molar-refractivity contribution is 0.187. The highest BCUT2D eigenvalue weighted by Gasteiger charge is 2.27. The summed E-state index contributed by atoms with van der Waals surface area (Å²) in [6, 6.07) is 11.5. The number of nitrogens with zero attached hydrogens (tertiary/aromatic N) is 1. The van der Waals surface area contributed by atoms with Gasteiger partial charge in [-0.1, -0.05) is 24.3 Å². The molecule has 21 heavy (non-hydrogen) atoms. The SMILES string of the molecule is CC(N)C(c1cc(Br)cs1)N1CCc2ccccc2CC1. The van der Waals surface area contributed by atoms with E-state index in [2.05, 4.69) is 63.5 Å². The van der Waals surface area contributed by atoms with Gasteiger partial charge in [0.2, 0.25) is 0 Å². The van der Waals surface area contributed by atoms with E-state index in [-0.39, 0.29) is 6.04 Å². The number of hydrogen-bond acceptors (Lipinski definition) is 3. The van der Waals surface area contributed by atoms with E-state index in [1.165, 1.54) is 16.0 Å². The van der Waals surface area contributed by atoms with Crippen LogP contribution in [0.1, 0.15) is 29.0 Å².